The van der Waals surface area contributed by atoms with Gasteiger partial charge in [-0.3, -0.25) is 0 Å². The summed E-state index contributed by atoms with van der Waals surface area (Å²) in [5.41, 5.74) is 0. The van der Waals surface area contributed by atoms with Crippen molar-refractivity contribution in [2.45, 2.75) is 19.8 Å². The predicted octanol–water partition coefficient (Wildman–Crippen LogP) is 2.48. The second kappa shape index (κ2) is 7.84. The molecule has 0 radical (unpaired) electrons. The summed E-state index contributed by atoms with van der Waals surface area (Å²) in [6.45, 7) is 2.86. The van der Waals surface area contributed by atoms with Gasteiger partial charge in [0, 0.05) is 0 Å². The lowest BCUT2D eigenvalue weighted by molar-refractivity contribution is -0.175. The normalized spacial score (nSPS) is 13.5. The van der Waals surface area contributed by atoms with Gasteiger partial charge in [0.15, 0.2) is 0 Å². The minimum absolute atomic E-state index is 0.745. The minimum Gasteiger partial charge on any atom is -0.329 e. The molecule has 0 bridgehead atoms. The van der Waals surface area contributed by atoms with Gasteiger partial charge in [0.1, 0.15) is 0 Å². The van der Waals surface area contributed by atoms with Gasteiger partial charge in [0.25, 0.3) is 0 Å². The summed E-state index contributed by atoms with van der Waals surface area (Å²) in [6, 6.07) is 0. The first-order chi connectivity index (χ1) is 4.81. The average molecular weight is 184 g/mol. The highest BCUT2D eigenvalue weighted by molar-refractivity contribution is 8.08. The van der Waals surface area contributed by atoms with Crippen LogP contribution >= 0.6 is 17.0 Å². The number of unbranched alkanes of at least 4 members (excludes halogenated alkanes) is 1. The first-order valence-electron chi connectivity index (χ1n) is 3.19. The summed E-state index contributed by atoms with van der Waals surface area (Å²) in [5.74, 6) is 0. The van der Waals surface area contributed by atoms with Crippen LogP contribution in [0, 0.1) is 0 Å². The minimum atomic E-state index is -0.898. The zero-order valence-electron chi connectivity index (χ0n) is 6.37. The maximum absolute atomic E-state index is 5.20. The lowest BCUT2D eigenvalue weighted by Crippen LogP contribution is -1.87. The van der Waals surface area contributed by atoms with Crippen LogP contribution in [-0.4, -0.2) is 13.7 Å². The molecule has 0 aliphatic rings. The summed E-state index contributed by atoms with van der Waals surface area (Å²) in [5, 5.41) is 0. The average Bonchev–Trinajstić information content (AvgIpc) is 1.89. The lowest BCUT2D eigenvalue weighted by Gasteiger charge is -2.08. The molecule has 10 heavy (non-hydrogen) atoms. The first-order valence-corrected chi connectivity index (χ1v) is 5.99. The van der Waals surface area contributed by atoms with Crippen LogP contribution in [0.15, 0.2) is 0 Å². The molecule has 0 saturated heterocycles. The van der Waals surface area contributed by atoms with Crippen LogP contribution in [0.5, 0.6) is 0 Å². The van der Waals surface area contributed by atoms with Crippen molar-refractivity contribution in [3.8, 4) is 0 Å². The fourth-order valence-electron chi connectivity index (χ4n) is 0.394. The van der Waals surface area contributed by atoms with Crippen molar-refractivity contribution in [3.05, 3.63) is 0 Å². The van der Waals surface area contributed by atoms with E-state index in [9.17, 15) is 0 Å². The second-order valence-corrected chi connectivity index (χ2v) is 3.96. The van der Waals surface area contributed by atoms with Gasteiger partial charge in [-0.25, -0.2) is 4.89 Å². The van der Waals surface area contributed by atoms with Crippen LogP contribution in [0.1, 0.15) is 19.8 Å². The molecule has 0 aliphatic heterocycles. The fourth-order valence-corrected chi connectivity index (χ4v) is 1.47. The van der Waals surface area contributed by atoms with E-state index in [2.05, 4.69) is 20.7 Å². The predicted molar refractivity (Wildman–Crippen MR) is 45.6 cm³/mol. The molecule has 3 nitrogen and oxygen atoms in total. The highest BCUT2D eigenvalue weighted by Gasteiger charge is 2.00. The molecule has 0 saturated carbocycles. The molecule has 0 N–H and O–H groups in total. The van der Waals surface area contributed by atoms with Crippen molar-refractivity contribution in [1.29, 1.82) is 0 Å². The molecule has 0 aromatic rings. The molecular formula is C5H14O3P2. The van der Waals surface area contributed by atoms with E-state index in [1.165, 1.54) is 7.11 Å². The van der Waals surface area contributed by atoms with Crippen molar-refractivity contribution in [3.63, 3.8) is 0 Å². The van der Waals surface area contributed by atoms with Crippen molar-refractivity contribution >= 4 is 17.0 Å². The van der Waals surface area contributed by atoms with Crippen LogP contribution in [0.4, 0.5) is 0 Å². The molecule has 0 amide bonds. The Morgan fingerprint density at radius 3 is 2.70 bits per heavy atom. The van der Waals surface area contributed by atoms with Crippen LogP contribution in [0.3, 0.4) is 0 Å². The van der Waals surface area contributed by atoms with Crippen LogP contribution in [-0.2, 0) is 14.1 Å². The maximum Gasteiger partial charge on any atom is 0.225 e. The van der Waals surface area contributed by atoms with Crippen LogP contribution in [0.2, 0.25) is 0 Å². The summed E-state index contributed by atoms with van der Waals surface area (Å²) >= 11 is 0. The van der Waals surface area contributed by atoms with E-state index in [4.69, 9.17) is 9.20 Å². The molecule has 0 aromatic heterocycles. The molecule has 0 fully saturated rings. The van der Waals surface area contributed by atoms with E-state index in [0.717, 1.165) is 19.4 Å². The largest absolute Gasteiger partial charge is 0.329 e. The van der Waals surface area contributed by atoms with Gasteiger partial charge in [-0.15, -0.1) is 0 Å². The third-order valence-corrected chi connectivity index (χ3v) is 2.30. The number of hydrogen-bond acceptors (Lipinski definition) is 3. The molecule has 62 valence electrons. The van der Waals surface area contributed by atoms with Crippen LogP contribution in [0.25, 0.3) is 0 Å². The molecule has 2 atom stereocenters. The van der Waals surface area contributed by atoms with Gasteiger partial charge >= 0.3 is 0 Å². The van der Waals surface area contributed by atoms with Crippen LogP contribution < -0.4 is 0 Å². The quantitative estimate of drug-likeness (QED) is 0.274. The Kier molecular flexibility index (Phi) is 8.42. The fraction of sp³-hybridized carbons (Fsp3) is 1.00. The van der Waals surface area contributed by atoms with E-state index in [1.807, 2.05) is 0 Å². The molecular weight excluding hydrogens is 170 g/mol. The topological polar surface area (TPSA) is 27.7 Å². The van der Waals surface area contributed by atoms with Crippen molar-refractivity contribution in [1.82, 2.24) is 0 Å². The van der Waals surface area contributed by atoms with Crippen molar-refractivity contribution < 1.29 is 14.1 Å². The molecule has 0 aliphatic carbocycles. The molecule has 5 heteroatoms. The summed E-state index contributed by atoms with van der Waals surface area (Å²) in [4.78, 5) is 4.42. The van der Waals surface area contributed by atoms with Gasteiger partial charge in [-0.05, 0) is 15.3 Å². The zero-order chi connectivity index (χ0) is 7.82. The highest BCUT2D eigenvalue weighted by Crippen LogP contribution is 2.46. The van der Waals surface area contributed by atoms with Gasteiger partial charge in [0.2, 0.25) is 8.06 Å². The molecule has 0 rings (SSSR count). The number of rotatable bonds is 6. The maximum atomic E-state index is 5.20. The van der Waals surface area contributed by atoms with Crippen molar-refractivity contribution in [2.24, 2.45) is 0 Å². The van der Waals surface area contributed by atoms with Crippen molar-refractivity contribution in [2.75, 3.05) is 13.7 Å². The Labute approximate surface area is 65.4 Å². The Bertz CT molecular complexity index is 71.9. The first kappa shape index (κ1) is 10.7. The van der Waals surface area contributed by atoms with E-state index >= 15 is 0 Å². The molecule has 0 spiro atoms. The third kappa shape index (κ3) is 6.85. The monoisotopic (exact) mass is 184 g/mol. The lowest BCUT2D eigenvalue weighted by atomic mass is 10.4. The summed E-state index contributed by atoms with van der Waals surface area (Å²) in [6.07, 6.45) is 2.21. The van der Waals surface area contributed by atoms with E-state index < -0.39 is 8.06 Å². The van der Waals surface area contributed by atoms with Gasteiger partial charge in [-0.2, -0.15) is 4.67 Å². The Balaban J connectivity index is 2.97. The zero-order valence-corrected chi connectivity index (χ0v) is 8.42. The van der Waals surface area contributed by atoms with Gasteiger partial charge in [0.05, 0.1) is 13.7 Å². The summed E-state index contributed by atoms with van der Waals surface area (Å²) < 4.78 is 9.90. The van der Waals surface area contributed by atoms with E-state index in [0.29, 0.717) is 0 Å². The Hall–Kier alpha value is 0.740. The van der Waals surface area contributed by atoms with Gasteiger partial charge < -0.3 is 4.52 Å². The van der Waals surface area contributed by atoms with Gasteiger partial charge in [-0.1, -0.05) is 13.3 Å². The highest BCUT2D eigenvalue weighted by atomic mass is 32.0. The molecule has 0 heterocycles. The molecule has 2 unspecified atom stereocenters. The third-order valence-electron chi connectivity index (χ3n) is 0.864. The van der Waals surface area contributed by atoms with E-state index in [-0.39, 0.29) is 0 Å². The number of hydrogen-bond donors (Lipinski definition) is 0. The smallest absolute Gasteiger partial charge is 0.225 e. The molecule has 0 aromatic carbocycles. The Morgan fingerprint density at radius 2 is 2.20 bits per heavy atom. The second-order valence-electron chi connectivity index (χ2n) is 1.71. The Morgan fingerprint density at radius 1 is 1.50 bits per heavy atom. The van der Waals surface area contributed by atoms with E-state index in [1.54, 1.807) is 0 Å². The summed E-state index contributed by atoms with van der Waals surface area (Å²) in [7, 11) is 3.02. The standard InChI is InChI=1S/C5H14O3P2/c1-3-4-5-7-10(9)8-6-2/h3-5,9H2,1-2H3. The SMILES string of the molecule is CCCCOP(P)OOC.